The van der Waals surface area contributed by atoms with Gasteiger partial charge in [0.05, 0.1) is 10.6 Å². The maximum absolute atomic E-state index is 12.6. The molecule has 146 valence electrons. The second-order valence-electron chi connectivity index (χ2n) is 6.78. The minimum atomic E-state index is -0.648. The number of rotatable bonds is 8. The fourth-order valence-electron chi connectivity index (χ4n) is 2.67. The molecule has 0 saturated heterocycles. The highest BCUT2D eigenvalue weighted by atomic mass is 35.5. The van der Waals surface area contributed by atoms with E-state index in [-0.39, 0.29) is 22.4 Å². The van der Waals surface area contributed by atoms with Crippen LogP contribution in [0.5, 0.6) is 0 Å². The molecule has 6 nitrogen and oxygen atoms in total. The summed E-state index contributed by atoms with van der Waals surface area (Å²) in [4.78, 5) is 29.4. The van der Waals surface area contributed by atoms with Gasteiger partial charge in [-0.05, 0) is 30.5 Å². The molecule has 1 heterocycles. The second-order valence-corrected chi connectivity index (χ2v) is 7.62. The van der Waals surface area contributed by atoms with Crippen molar-refractivity contribution in [3.8, 4) is 0 Å². The van der Waals surface area contributed by atoms with Crippen molar-refractivity contribution in [2.45, 2.75) is 32.7 Å². The molecule has 2 amide bonds. The van der Waals surface area contributed by atoms with Crippen LogP contribution in [0.4, 0.5) is 0 Å². The third-order valence-corrected chi connectivity index (χ3v) is 4.62. The Bertz CT molecular complexity index is 805. The number of benzene rings is 1. The molecule has 0 radical (unpaired) electrons. The van der Waals surface area contributed by atoms with Gasteiger partial charge in [0.1, 0.15) is 11.9 Å². The molecule has 0 saturated carbocycles. The first-order chi connectivity index (χ1) is 12.8. The summed E-state index contributed by atoms with van der Waals surface area (Å²) in [5, 5.41) is 6.35. The third-order valence-electron chi connectivity index (χ3n) is 4.07. The van der Waals surface area contributed by atoms with Gasteiger partial charge in [0, 0.05) is 37.4 Å². The standard InChI is InChI=1S/C19H24Cl2N4O2/c1-12(2)10-16(19(27)23-7-6-17-22-8-9-25(17)3)24-18(26)14-5-4-13(20)11-15(14)21/h4-5,8-9,11-12,16H,6-7,10H2,1-3H3,(H,23,27)(H,24,26). The van der Waals surface area contributed by atoms with Crippen LogP contribution in [0.15, 0.2) is 30.6 Å². The van der Waals surface area contributed by atoms with E-state index in [1.54, 1.807) is 18.3 Å². The van der Waals surface area contributed by atoms with Gasteiger partial charge in [-0.1, -0.05) is 37.0 Å². The fourth-order valence-corrected chi connectivity index (χ4v) is 3.16. The molecular weight excluding hydrogens is 387 g/mol. The molecule has 2 aromatic rings. The van der Waals surface area contributed by atoms with E-state index in [2.05, 4.69) is 15.6 Å². The van der Waals surface area contributed by atoms with Crippen LogP contribution in [0.2, 0.25) is 10.0 Å². The Balaban J connectivity index is 1.99. The van der Waals surface area contributed by atoms with E-state index in [0.29, 0.717) is 24.4 Å². The molecule has 2 N–H and O–H groups in total. The van der Waals surface area contributed by atoms with E-state index in [0.717, 1.165) is 5.82 Å². The van der Waals surface area contributed by atoms with Gasteiger partial charge in [-0.3, -0.25) is 9.59 Å². The molecule has 0 aliphatic carbocycles. The summed E-state index contributed by atoms with van der Waals surface area (Å²) in [6.45, 7) is 4.43. The van der Waals surface area contributed by atoms with Crippen molar-refractivity contribution in [1.82, 2.24) is 20.2 Å². The van der Waals surface area contributed by atoms with E-state index in [1.807, 2.05) is 31.7 Å². The molecule has 1 unspecified atom stereocenters. The molecule has 27 heavy (non-hydrogen) atoms. The minimum Gasteiger partial charge on any atom is -0.354 e. The van der Waals surface area contributed by atoms with Gasteiger partial charge in [0.15, 0.2) is 0 Å². The fraction of sp³-hybridized carbons (Fsp3) is 0.421. The summed E-state index contributed by atoms with van der Waals surface area (Å²) >= 11 is 12.0. The van der Waals surface area contributed by atoms with E-state index < -0.39 is 11.9 Å². The number of amides is 2. The van der Waals surface area contributed by atoms with Crippen molar-refractivity contribution in [2.75, 3.05) is 6.54 Å². The Morgan fingerprint density at radius 2 is 2.00 bits per heavy atom. The minimum absolute atomic E-state index is 0.226. The van der Waals surface area contributed by atoms with E-state index in [1.165, 1.54) is 6.07 Å². The summed E-state index contributed by atoms with van der Waals surface area (Å²) in [5.74, 6) is 0.488. The van der Waals surface area contributed by atoms with E-state index in [4.69, 9.17) is 23.2 Å². The highest BCUT2D eigenvalue weighted by Crippen LogP contribution is 2.21. The topological polar surface area (TPSA) is 76.0 Å². The van der Waals surface area contributed by atoms with Gasteiger partial charge in [0.25, 0.3) is 5.91 Å². The lowest BCUT2D eigenvalue weighted by molar-refractivity contribution is -0.123. The number of hydrogen-bond acceptors (Lipinski definition) is 3. The third kappa shape index (κ3) is 6.26. The van der Waals surface area contributed by atoms with E-state index in [9.17, 15) is 9.59 Å². The zero-order chi connectivity index (χ0) is 20.0. The molecule has 0 spiro atoms. The van der Waals surface area contributed by atoms with Crippen LogP contribution in [0, 0.1) is 5.92 Å². The van der Waals surface area contributed by atoms with Gasteiger partial charge in [0.2, 0.25) is 5.91 Å². The van der Waals surface area contributed by atoms with Gasteiger partial charge in [-0.15, -0.1) is 0 Å². The maximum atomic E-state index is 12.6. The smallest absolute Gasteiger partial charge is 0.253 e. The number of halogens is 2. The summed E-state index contributed by atoms with van der Waals surface area (Å²) in [6, 6.07) is 3.99. The van der Waals surface area contributed by atoms with Crippen LogP contribution >= 0.6 is 23.2 Å². The first-order valence-corrected chi connectivity index (χ1v) is 9.53. The van der Waals surface area contributed by atoms with Crippen molar-refractivity contribution in [2.24, 2.45) is 13.0 Å². The molecular formula is C19H24Cl2N4O2. The average Bonchev–Trinajstić information content (AvgIpc) is 2.98. The van der Waals surface area contributed by atoms with Gasteiger partial charge in [-0.25, -0.2) is 4.98 Å². The summed E-state index contributed by atoms with van der Waals surface area (Å²) in [5.41, 5.74) is 0.288. The highest BCUT2D eigenvalue weighted by Gasteiger charge is 2.23. The van der Waals surface area contributed by atoms with Crippen molar-refractivity contribution < 1.29 is 9.59 Å². The second kappa shape index (κ2) is 9.76. The van der Waals surface area contributed by atoms with Crippen molar-refractivity contribution in [3.63, 3.8) is 0 Å². The molecule has 0 bridgehead atoms. The lowest BCUT2D eigenvalue weighted by atomic mass is 10.0. The molecule has 1 aromatic heterocycles. The average molecular weight is 411 g/mol. The first-order valence-electron chi connectivity index (χ1n) is 8.77. The number of nitrogens with one attached hydrogen (secondary N) is 2. The number of nitrogens with zero attached hydrogens (tertiary/aromatic N) is 2. The zero-order valence-corrected chi connectivity index (χ0v) is 17.1. The highest BCUT2D eigenvalue weighted by molar-refractivity contribution is 6.36. The van der Waals surface area contributed by atoms with Crippen molar-refractivity contribution in [3.05, 3.63) is 52.0 Å². The Labute approximate surface area is 169 Å². The summed E-state index contributed by atoms with van der Waals surface area (Å²) in [6.07, 6.45) is 4.70. The molecule has 0 aliphatic rings. The summed E-state index contributed by atoms with van der Waals surface area (Å²) in [7, 11) is 1.90. The van der Waals surface area contributed by atoms with Gasteiger partial charge < -0.3 is 15.2 Å². The Hall–Kier alpha value is -2.05. The molecule has 2 rings (SSSR count). The number of hydrogen-bond donors (Lipinski definition) is 2. The lowest BCUT2D eigenvalue weighted by Crippen LogP contribution is -2.48. The van der Waals surface area contributed by atoms with Crippen molar-refractivity contribution in [1.29, 1.82) is 0 Å². The zero-order valence-electron chi connectivity index (χ0n) is 15.6. The Morgan fingerprint density at radius 1 is 1.26 bits per heavy atom. The Morgan fingerprint density at radius 3 is 2.59 bits per heavy atom. The predicted octanol–water partition coefficient (Wildman–Crippen LogP) is 3.23. The van der Waals surface area contributed by atoms with Gasteiger partial charge in [-0.2, -0.15) is 0 Å². The summed E-state index contributed by atoms with van der Waals surface area (Å²) < 4.78 is 1.90. The number of aromatic nitrogens is 2. The quantitative estimate of drug-likeness (QED) is 0.701. The molecule has 1 atom stereocenters. The molecule has 0 fully saturated rings. The maximum Gasteiger partial charge on any atom is 0.253 e. The van der Waals surface area contributed by atoms with Crippen LogP contribution in [0.3, 0.4) is 0 Å². The first kappa shape index (κ1) is 21.3. The molecule has 8 heteroatoms. The number of aryl methyl sites for hydroxylation is 1. The van der Waals surface area contributed by atoms with Crippen LogP contribution in [0.1, 0.15) is 36.5 Å². The molecule has 0 aliphatic heterocycles. The number of carbonyl (C=O) groups excluding carboxylic acids is 2. The van der Waals surface area contributed by atoms with Crippen LogP contribution < -0.4 is 10.6 Å². The van der Waals surface area contributed by atoms with Gasteiger partial charge >= 0.3 is 0 Å². The molecule has 1 aromatic carbocycles. The number of imidazole rings is 1. The predicted molar refractivity (Wildman–Crippen MR) is 107 cm³/mol. The lowest BCUT2D eigenvalue weighted by Gasteiger charge is -2.20. The largest absolute Gasteiger partial charge is 0.354 e. The van der Waals surface area contributed by atoms with Crippen LogP contribution in [0.25, 0.3) is 0 Å². The number of carbonyl (C=O) groups is 2. The Kier molecular flexibility index (Phi) is 7.68. The SMILES string of the molecule is CC(C)CC(NC(=O)c1ccc(Cl)cc1Cl)C(=O)NCCc1nccn1C. The normalized spacial score (nSPS) is 12.1. The van der Waals surface area contributed by atoms with Crippen molar-refractivity contribution >= 4 is 35.0 Å². The van der Waals surface area contributed by atoms with Crippen LogP contribution in [-0.4, -0.2) is 34.0 Å². The monoisotopic (exact) mass is 410 g/mol. The van der Waals surface area contributed by atoms with E-state index >= 15 is 0 Å². The van der Waals surface area contributed by atoms with Crippen LogP contribution in [-0.2, 0) is 18.3 Å².